The summed E-state index contributed by atoms with van der Waals surface area (Å²) in [5, 5.41) is 9.13. The molecule has 168 valence electrons. The van der Waals surface area contributed by atoms with Crippen LogP contribution in [0.4, 0.5) is 13.2 Å². The zero-order valence-electron chi connectivity index (χ0n) is 16.8. The predicted octanol–water partition coefficient (Wildman–Crippen LogP) is 3.08. The van der Waals surface area contributed by atoms with Gasteiger partial charge in [-0.2, -0.15) is 13.2 Å². The SMILES string of the molecule is COC(=O)C1C(C)=NC(C)=C(C(=O)OCCO[N+](=O)[O-])C1c1ccccc1C(F)(F)F. The maximum absolute atomic E-state index is 13.7. The van der Waals surface area contributed by atoms with Gasteiger partial charge in [-0.05, 0) is 25.5 Å². The Hall–Kier alpha value is -3.44. The Morgan fingerprint density at radius 3 is 2.42 bits per heavy atom. The van der Waals surface area contributed by atoms with E-state index in [1.165, 1.54) is 32.0 Å². The minimum atomic E-state index is -4.76. The molecule has 0 bridgehead atoms. The number of esters is 2. The standard InChI is InChI=1S/C19H19F3N2O7/c1-10-14(17(25)29-3)16(12-6-4-5-7-13(12)19(20,21)22)15(11(2)23-10)18(26)30-8-9-31-24(27)28/h4-7,14,16H,8-9H2,1-3H3. The molecule has 12 heteroatoms. The molecule has 1 aliphatic heterocycles. The highest BCUT2D eigenvalue weighted by Crippen LogP contribution is 2.44. The summed E-state index contributed by atoms with van der Waals surface area (Å²) in [6, 6.07) is 4.54. The molecule has 0 saturated heterocycles. The van der Waals surface area contributed by atoms with Gasteiger partial charge < -0.3 is 14.3 Å². The average molecular weight is 444 g/mol. The highest BCUT2D eigenvalue weighted by atomic mass is 19.4. The van der Waals surface area contributed by atoms with E-state index in [2.05, 4.69) is 9.83 Å². The number of benzene rings is 1. The molecule has 2 unspecified atom stereocenters. The highest BCUT2D eigenvalue weighted by Gasteiger charge is 2.46. The van der Waals surface area contributed by atoms with Gasteiger partial charge in [-0.15, -0.1) is 10.1 Å². The van der Waals surface area contributed by atoms with Gasteiger partial charge in [-0.25, -0.2) is 4.79 Å². The third-order valence-electron chi connectivity index (χ3n) is 4.62. The summed E-state index contributed by atoms with van der Waals surface area (Å²) in [7, 11) is 1.07. The average Bonchev–Trinajstić information content (AvgIpc) is 2.69. The molecule has 31 heavy (non-hydrogen) atoms. The van der Waals surface area contributed by atoms with Crippen LogP contribution in [-0.2, 0) is 30.1 Å². The summed E-state index contributed by atoms with van der Waals surface area (Å²) in [4.78, 5) is 43.6. The van der Waals surface area contributed by atoms with Crippen LogP contribution in [0, 0.1) is 16.0 Å². The first kappa shape index (κ1) is 23.8. The van der Waals surface area contributed by atoms with Crippen LogP contribution in [0.15, 0.2) is 40.5 Å². The Morgan fingerprint density at radius 1 is 1.19 bits per heavy atom. The van der Waals surface area contributed by atoms with Gasteiger partial charge in [-0.3, -0.25) is 9.79 Å². The van der Waals surface area contributed by atoms with Crippen molar-refractivity contribution in [1.82, 2.24) is 0 Å². The predicted molar refractivity (Wildman–Crippen MR) is 99.4 cm³/mol. The van der Waals surface area contributed by atoms with E-state index in [9.17, 15) is 32.9 Å². The van der Waals surface area contributed by atoms with Crippen molar-refractivity contribution in [2.45, 2.75) is 25.9 Å². The molecule has 0 aromatic heterocycles. The Labute approximate surface area is 174 Å². The number of carbonyl (C=O) groups is 2. The van der Waals surface area contributed by atoms with Crippen LogP contribution in [-0.4, -0.2) is 43.1 Å². The van der Waals surface area contributed by atoms with Crippen molar-refractivity contribution < 1.29 is 42.2 Å². The lowest BCUT2D eigenvalue weighted by Crippen LogP contribution is -2.37. The van der Waals surface area contributed by atoms with Crippen LogP contribution in [0.3, 0.4) is 0 Å². The fraction of sp³-hybridized carbons (Fsp3) is 0.421. The molecule has 0 spiro atoms. The van der Waals surface area contributed by atoms with Gasteiger partial charge in [0.1, 0.15) is 19.1 Å². The van der Waals surface area contributed by atoms with Gasteiger partial charge in [0, 0.05) is 17.3 Å². The van der Waals surface area contributed by atoms with Gasteiger partial charge in [-0.1, -0.05) is 18.2 Å². The molecule has 1 aromatic carbocycles. The van der Waals surface area contributed by atoms with E-state index in [0.717, 1.165) is 13.2 Å². The number of ether oxygens (including phenoxy) is 2. The molecule has 1 heterocycles. The second-order valence-electron chi connectivity index (χ2n) is 6.51. The Morgan fingerprint density at radius 2 is 1.84 bits per heavy atom. The van der Waals surface area contributed by atoms with E-state index in [1.54, 1.807) is 0 Å². The molecule has 2 atom stereocenters. The second kappa shape index (κ2) is 9.58. The molecule has 0 fully saturated rings. The molecule has 1 aromatic rings. The lowest BCUT2D eigenvalue weighted by atomic mass is 9.74. The molecule has 2 rings (SSSR count). The van der Waals surface area contributed by atoms with Gasteiger partial charge in [0.25, 0.3) is 5.09 Å². The van der Waals surface area contributed by atoms with Crippen molar-refractivity contribution in [3.63, 3.8) is 0 Å². The Bertz CT molecular complexity index is 941. The Balaban J connectivity index is 2.58. The van der Waals surface area contributed by atoms with Crippen molar-refractivity contribution >= 4 is 17.7 Å². The number of methoxy groups -OCH3 is 1. The van der Waals surface area contributed by atoms with Gasteiger partial charge in [0.15, 0.2) is 0 Å². The largest absolute Gasteiger partial charge is 0.468 e. The van der Waals surface area contributed by atoms with Crippen molar-refractivity contribution in [3.8, 4) is 0 Å². The van der Waals surface area contributed by atoms with Gasteiger partial charge >= 0.3 is 18.1 Å². The molecule has 0 aliphatic carbocycles. The third-order valence-corrected chi connectivity index (χ3v) is 4.62. The number of hydrogen-bond donors (Lipinski definition) is 0. The fourth-order valence-corrected chi connectivity index (χ4v) is 3.42. The van der Waals surface area contributed by atoms with Crippen LogP contribution >= 0.6 is 0 Å². The lowest BCUT2D eigenvalue weighted by Gasteiger charge is -2.32. The smallest absolute Gasteiger partial charge is 0.416 e. The molecular weight excluding hydrogens is 425 g/mol. The van der Waals surface area contributed by atoms with Crippen molar-refractivity contribution in [2.75, 3.05) is 20.3 Å². The van der Waals surface area contributed by atoms with E-state index < -0.39 is 53.8 Å². The van der Waals surface area contributed by atoms with Crippen LogP contribution in [0.1, 0.15) is 30.9 Å². The monoisotopic (exact) mass is 444 g/mol. The summed E-state index contributed by atoms with van der Waals surface area (Å²) in [6.07, 6.45) is -4.76. The maximum Gasteiger partial charge on any atom is 0.416 e. The zero-order chi connectivity index (χ0) is 23.3. The van der Waals surface area contributed by atoms with Crippen molar-refractivity contribution in [1.29, 1.82) is 0 Å². The van der Waals surface area contributed by atoms with E-state index in [0.29, 0.717) is 0 Å². The number of alkyl halides is 3. The molecule has 0 radical (unpaired) electrons. The molecule has 0 amide bonds. The lowest BCUT2D eigenvalue weighted by molar-refractivity contribution is -0.757. The first-order chi connectivity index (χ1) is 14.5. The maximum atomic E-state index is 13.7. The summed E-state index contributed by atoms with van der Waals surface area (Å²) in [6.45, 7) is 1.74. The molecule has 0 N–H and O–H groups in total. The number of aliphatic imine (C=N–C) groups is 1. The van der Waals surface area contributed by atoms with Crippen LogP contribution in [0.5, 0.6) is 0 Å². The molecule has 1 aliphatic rings. The quantitative estimate of drug-likeness (QED) is 0.275. The third kappa shape index (κ3) is 5.38. The highest BCUT2D eigenvalue weighted by molar-refractivity contribution is 6.07. The zero-order valence-corrected chi connectivity index (χ0v) is 16.8. The van der Waals surface area contributed by atoms with Crippen LogP contribution < -0.4 is 0 Å². The normalized spacial score (nSPS) is 18.8. The minimum absolute atomic E-state index is 0.0554. The van der Waals surface area contributed by atoms with Gasteiger partial charge in [0.2, 0.25) is 0 Å². The Kier molecular flexibility index (Phi) is 7.37. The summed E-state index contributed by atoms with van der Waals surface area (Å²) in [5.74, 6) is -4.66. The van der Waals surface area contributed by atoms with E-state index in [4.69, 9.17) is 9.47 Å². The van der Waals surface area contributed by atoms with E-state index in [1.807, 2.05) is 0 Å². The summed E-state index contributed by atoms with van der Waals surface area (Å²) < 4.78 is 50.8. The molecular formula is C19H19F3N2O7. The first-order valence-electron chi connectivity index (χ1n) is 8.93. The van der Waals surface area contributed by atoms with Crippen LogP contribution in [0.25, 0.3) is 0 Å². The number of nitrogens with zero attached hydrogens (tertiary/aromatic N) is 2. The minimum Gasteiger partial charge on any atom is -0.468 e. The number of halogens is 3. The van der Waals surface area contributed by atoms with Gasteiger partial charge in [0.05, 0.1) is 18.2 Å². The van der Waals surface area contributed by atoms with E-state index >= 15 is 0 Å². The first-order valence-corrected chi connectivity index (χ1v) is 8.93. The fourth-order valence-electron chi connectivity index (χ4n) is 3.42. The molecule has 0 saturated carbocycles. The van der Waals surface area contributed by atoms with Crippen molar-refractivity contribution in [2.24, 2.45) is 10.9 Å². The number of allylic oxidation sites excluding steroid dienone is 1. The number of carbonyl (C=O) groups excluding carboxylic acids is 2. The van der Waals surface area contributed by atoms with Crippen LogP contribution in [0.2, 0.25) is 0 Å². The second-order valence-corrected chi connectivity index (χ2v) is 6.51. The summed E-state index contributed by atoms with van der Waals surface area (Å²) in [5.41, 5.74) is -1.41. The number of rotatable bonds is 7. The summed E-state index contributed by atoms with van der Waals surface area (Å²) >= 11 is 0. The topological polar surface area (TPSA) is 117 Å². The van der Waals surface area contributed by atoms with Crippen molar-refractivity contribution in [3.05, 3.63) is 56.8 Å². The number of hydrogen-bond acceptors (Lipinski definition) is 8. The van der Waals surface area contributed by atoms with E-state index in [-0.39, 0.29) is 22.5 Å². The molecule has 9 nitrogen and oxygen atoms in total.